The van der Waals surface area contributed by atoms with Crippen LogP contribution in [0.5, 0.6) is 0 Å². The molecule has 3 N–H and O–H groups in total. The molecule has 10 nitrogen and oxygen atoms in total. The summed E-state index contributed by atoms with van der Waals surface area (Å²) in [4.78, 5) is 36.2. The monoisotopic (exact) mass is 451 g/mol. The minimum atomic E-state index is -0.628. The number of rotatable bonds is 9. The predicted octanol–water partition coefficient (Wildman–Crippen LogP) is 1.55. The summed E-state index contributed by atoms with van der Waals surface area (Å²) in [5.41, 5.74) is 5.12. The van der Waals surface area contributed by atoms with Crippen LogP contribution in [0.1, 0.15) is 44.9 Å². The zero-order valence-electron chi connectivity index (χ0n) is 19.1. The molecule has 0 bridgehead atoms. The average Bonchev–Trinajstić information content (AvgIpc) is 3.26. The first-order valence-electron chi connectivity index (χ1n) is 11.2. The van der Waals surface area contributed by atoms with Gasteiger partial charge in [-0.2, -0.15) is 4.39 Å². The summed E-state index contributed by atoms with van der Waals surface area (Å²) in [5, 5.41) is 10.1. The van der Waals surface area contributed by atoms with Crippen LogP contribution in [0.25, 0.3) is 0 Å². The fourth-order valence-corrected chi connectivity index (χ4v) is 4.68. The van der Waals surface area contributed by atoms with Crippen molar-refractivity contribution in [3.63, 3.8) is 0 Å². The first-order chi connectivity index (χ1) is 15.3. The molecule has 1 aliphatic heterocycles. The second kappa shape index (κ2) is 10.9. The van der Waals surface area contributed by atoms with Crippen molar-refractivity contribution in [2.24, 2.45) is 11.8 Å². The van der Waals surface area contributed by atoms with Gasteiger partial charge in [-0.1, -0.05) is 25.7 Å². The Hall–Kier alpha value is -2.53. The maximum atomic E-state index is 15.3. The zero-order valence-corrected chi connectivity index (χ0v) is 19.1. The van der Waals surface area contributed by atoms with Crippen molar-refractivity contribution in [2.75, 3.05) is 43.6 Å². The van der Waals surface area contributed by atoms with E-state index in [9.17, 15) is 14.8 Å². The largest absolute Gasteiger partial charge is 0.349 e. The molecule has 0 radical (unpaired) electrons. The van der Waals surface area contributed by atoms with E-state index in [-0.39, 0.29) is 30.6 Å². The second-order valence-corrected chi connectivity index (χ2v) is 8.99. The van der Waals surface area contributed by atoms with Crippen molar-refractivity contribution in [2.45, 2.75) is 52.0 Å². The lowest BCUT2D eigenvalue weighted by molar-refractivity contribution is -0.154. The Balaban J connectivity index is 1.70. The molecule has 0 spiro atoms. The zero-order chi connectivity index (χ0) is 23.3. The van der Waals surface area contributed by atoms with Crippen molar-refractivity contribution in [3.8, 4) is 0 Å². The molecule has 2 amide bonds. The van der Waals surface area contributed by atoms with Gasteiger partial charge in [0.15, 0.2) is 11.6 Å². The maximum absolute atomic E-state index is 15.3. The van der Waals surface area contributed by atoms with Gasteiger partial charge in [-0.15, -0.1) is 0 Å². The first kappa shape index (κ1) is 24.1. The summed E-state index contributed by atoms with van der Waals surface area (Å²) in [7, 11) is 2.03. The molecule has 1 saturated carbocycles. The number of carbonyl (C=O) groups excluding carboxylic acids is 2. The summed E-state index contributed by atoms with van der Waals surface area (Å²) >= 11 is 0. The number of hydrogen-bond acceptors (Lipinski definition) is 8. The molecule has 0 aromatic carbocycles. The molecule has 11 heteroatoms. The lowest BCUT2D eigenvalue weighted by atomic mass is 9.92. The summed E-state index contributed by atoms with van der Waals surface area (Å²) < 4.78 is 15.3. The number of aromatic nitrogens is 2. The highest BCUT2D eigenvalue weighted by atomic mass is 19.1. The van der Waals surface area contributed by atoms with Crippen LogP contribution in [0.4, 0.5) is 16.0 Å². The minimum Gasteiger partial charge on any atom is -0.349 e. The third kappa shape index (κ3) is 6.04. The molecular weight excluding hydrogens is 417 g/mol. The molecule has 32 heavy (non-hydrogen) atoms. The van der Waals surface area contributed by atoms with Crippen molar-refractivity contribution in [3.05, 3.63) is 11.6 Å². The van der Waals surface area contributed by atoms with Crippen molar-refractivity contribution in [1.29, 1.82) is 0 Å². The first-order valence-corrected chi connectivity index (χ1v) is 11.2. The number of nitrogens with one attached hydrogen (secondary N) is 2. The number of hydroxylamine groups is 2. The number of likely N-dealkylation sites (N-methyl/N-ethyl adjacent to an activating group) is 1. The van der Waals surface area contributed by atoms with Gasteiger partial charge in [-0.05, 0) is 33.2 Å². The van der Waals surface area contributed by atoms with Gasteiger partial charge in [0.2, 0.25) is 18.1 Å². The van der Waals surface area contributed by atoms with Gasteiger partial charge in [0, 0.05) is 25.7 Å². The molecule has 1 aromatic heterocycles. The molecular formula is C21H34FN7O3. The van der Waals surface area contributed by atoms with E-state index in [1.54, 1.807) is 6.92 Å². The van der Waals surface area contributed by atoms with Crippen molar-refractivity contribution >= 4 is 24.0 Å². The van der Waals surface area contributed by atoms with Crippen LogP contribution < -0.4 is 15.8 Å². The number of piperazine rings is 1. The van der Waals surface area contributed by atoms with Crippen LogP contribution in [-0.4, -0.2) is 76.7 Å². The lowest BCUT2D eigenvalue weighted by Crippen LogP contribution is -2.51. The van der Waals surface area contributed by atoms with Crippen molar-refractivity contribution in [1.82, 2.24) is 25.4 Å². The van der Waals surface area contributed by atoms with Crippen LogP contribution in [0.3, 0.4) is 0 Å². The SMILES string of the molecule is Cc1nc(NNC(=O)[C@@H](CC2CCCC2)CN(O)C=O)c(F)c(N2CCN(C)C[C@@H]2C)n1. The molecule has 2 heterocycles. The Morgan fingerprint density at radius 3 is 2.72 bits per heavy atom. The summed E-state index contributed by atoms with van der Waals surface area (Å²) in [6, 6.07) is 0.0784. The Morgan fingerprint density at radius 1 is 1.34 bits per heavy atom. The lowest BCUT2D eigenvalue weighted by Gasteiger charge is -2.39. The number of hydrazine groups is 1. The fourth-order valence-electron chi connectivity index (χ4n) is 4.68. The molecule has 1 saturated heterocycles. The summed E-state index contributed by atoms with van der Waals surface area (Å²) in [6.07, 6.45) is 5.11. The second-order valence-electron chi connectivity index (χ2n) is 8.99. The van der Waals surface area contributed by atoms with E-state index in [2.05, 4.69) is 25.7 Å². The average molecular weight is 452 g/mol. The standard InChI is InChI=1S/C21H34FN7O3/c1-14-11-27(3)8-9-29(14)20-18(22)19(23-15(2)24-20)25-26-21(31)17(12-28(32)13-30)10-16-6-4-5-7-16/h13-14,16-17,32H,4-12H2,1-3H3,(H,26,31)(H,23,24,25)/t14-,17-/m0/s1. The number of hydrogen-bond donors (Lipinski definition) is 3. The third-order valence-electron chi connectivity index (χ3n) is 6.34. The topological polar surface area (TPSA) is 114 Å². The van der Waals surface area contributed by atoms with E-state index in [1.165, 1.54) is 0 Å². The highest BCUT2D eigenvalue weighted by Crippen LogP contribution is 2.31. The van der Waals surface area contributed by atoms with Crippen LogP contribution in [0.15, 0.2) is 0 Å². The van der Waals surface area contributed by atoms with E-state index in [1.807, 2.05) is 18.9 Å². The molecule has 178 valence electrons. The van der Waals surface area contributed by atoms with Gasteiger partial charge >= 0.3 is 0 Å². The van der Waals surface area contributed by atoms with E-state index in [4.69, 9.17) is 0 Å². The van der Waals surface area contributed by atoms with E-state index in [0.29, 0.717) is 29.8 Å². The minimum absolute atomic E-state index is 0.0784. The van der Waals surface area contributed by atoms with Gasteiger partial charge in [-0.25, -0.2) is 15.0 Å². The van der Waals surface area contributed by atoms with Crippen LogP contribution in [0.2, 0.25) is 0 Å². The molecule has 1 aliphatic carbocycles. The van der Waals surface area contributed by atoms with Crippen molar-refractivity contribution < 1.29 is 19.2 Å². The summed E-state index contributed by atoms with van der Waals surface area (Å²) in [5.74, 6) is -0.825. The van der Waals surface area contributed by atoms with Crippen LogP contribution in [0, 0.1) is 24.6 Å². The number of amides is 2. The predicted molar refractivity (Wildman–Crippen MR) is 117 cm³/mol. The molecule has 2 aliphatic rings. The number of anilines is 2. The van der Waals surface area contributed by atoms with Gasteiger partial charge in [0.25, 0.3) is 0 Å². The third-order valence-corrected chi connectivity index (χ3v) is 6.34. The van der Waals surface area contributed by atoms with Crippen LogP contribution in [-0.2, 0) is 9.59 Å². The van der Waals surface area contributed by atoms with E-state index < -0.39 is 17.6 Å². The number of carbonyl (C=O) groups is 2. The Morgan fingerprint density at radius 2 is 2.06 bits per heavy atom. The van der Waals surface area contributed by atoms with Crippen LogP contribution >= 0.6 is 0 Å². The number of nitrogens with zero attached hydrogens (tertiary/aromatic N) is 5. The normalized spacial score (nSPS) is 20.8. The van der Waals surface area contributed by atoms with Gasteiger partial charge in [0.1, 0.15) is 5.82 Å². The number of aryl methyl sites for hydroxylation is 1. The highest BCUT2D eigenvalue weighted by molar-refractivity contribution is 5.80. The Labute approximate surface area is 188 Å². The van der Waals surface area contributed by atoms with Gasteiger partial charge < -0.3 is 9.80 Å². The Kier molecular flexibility index (Phi) is 8.19. The molecule has 3 rings (SSSR count). The number of halogens is 1. The molecule has 2 fully saturated rings. The van der Waals surface area contributed by atoms with E-state index >= 15 is 4.39 Å². The van der Waals surface area contributed by atoms with Gasteiger partial charge in [-0.3, -0.25) is 25.6 Å². The maximum Gasteiger partial charge on any atom is 0.243 e. The van der Waals surface area contributed by atoms with E-state index in [0.717, 1.165) is 38.8 Å². The molecule has 1 aromatic rings. The molecule has 2 atom stereocenters. The smallest absolute Gasteiger partial charge is 0.243 e. The molecule has 0 unspecified atom stereocenters. The quantitative estimate of drug-likeness (QED) is 0.294. The fraction of sp³-hybridized carbons (Fsp3) is 0.714. The summed E-state index contributed by atoms with van der Waals surface area (Å²) in [6.45, 7) is 5.79. The van der Waals surface area contributed by atoms with Gasteiger partial charge in [0.05, 0.1) is 12.5 Å². The Bertz CT molecular complexity index is 806. The highest BCUT2D eigenvalue weighted by Gasteiger charge is 2.29.